The topological polar surface area (TPSA) is 102 Å². The summed E-state index contributed by atoms with van der Waals surface area (Å²) in [7, 11) is -3.68. The van der Waals surface area contributed by atoms with Crippen molar-refractivity contribution in [3.8, 4) is 0 Å². The lowest BCUT2D eigenvalue weighted by molar-refractivity contribution is -0.386. The van der Waals surface area contributed by atoms with E-state index in [0.717, 1.165) is 6.26 Å². The summed E-state index contributed by atoms with van der Waals surface area (Å²) in [5.41, 5.74) is 0.390. The maximum Gasteiger partial charge on any atom is 0.310 e. The zero-order valence-electron chi connectivity index (χ0n) is 11.2. The Labute approximate surface area is 121 Å². The molecule has 0 amide bonds. The molecule has 0 aliphatic carbocycles. The van der Waals surface area contributed by atoms with E-state index in [-0.39, 0.29) is 17.1 Å². The Bertz CT molecular complexity index is 760. The average molecular weight is 307 g/mol. The number of nitro benzene ring substituents is 1. The van der Waals surface area contributed by atoms with Crippen LogP contribution in [0.2, 0.25) is 0 Å². The molecule has 0 aliphatic rings. The van der Waals surface area contributed by atoms with E-state index >= 15 is 0 Å². The number of hydrogen-bond donors (Lipinski definition) is 1. The molecular formula is C13H13N3O4S. The predicted molar refractivity (Wildman–Crippen MR) is 77.8 cm³/mol. The van der Waals surface area contributed by atoms with Crippen molar-refractivity contribution in [2.45, 2.75) is 11.4 Å². The van der Waals surface area contributed by atoms with Gasteiger partial charge in [-0.15, -0.1) is 0 Å². The molecular weight excluding hydrogens is 294 g/mol. The minimum Gasteiger partial charge on any atom is -0.374 e. The summed E-state index contributed by atoms with van der Waals surface area (Å²) in [6, 6.07) is 9.47. The number of nitro groups is 1. The summed E-state index contributed by atoms with van der Waals surface area (Å²) >= 11 is 0. The van der Waals surface area contributed by atoms with Crippen molar-refractivity contribution in [1.29, 1.82) is 0 Å². The summed E-state index contributed by atoms with van der Waals surface area (Å²) in [6.07, 6.45) is 2.55. The first-order valence-electron chi connectivity index (χ1n) is 6.01. The highest BCUT2D eigenvalue weighted by Crippen LogP contribution is 2.32. The molecule has 1 aromatic carbocycles. The minimum atomic E-state index is -3.68. The number of anilines is 1. The molecule has 0 atom stereocenters. The van der Waals surface area contributed by atoms with E-state index in [4.69, 9.17) is 0 Å². The van der Waals surface area contributed by atoms with E-state index in [1.54, 1.807) is 24.4 Å². The largest absolute Gasteiger partial charge is 0.374 e. The molecule has 1 heterocycles. The van der Waals surface area contributed by atoms with E-state index in [2.05, 4.69) is 10.3 Å². The number of hydrogen-bond acceptors (Lipinski definition) is 6. The van der Waals surface area contributed by atoms with Gasteiger partial charge in [-0.25, -0.2) is 8.42 Å². The van der Waals surface area contributed by atoms with Gasteiger partial charge in [0.25, 0.3) is 0 Å². The van der Waals surface area contributed by atoms with Crippen LogP contribution in [0.3, 0.4) is 0 Å². The maximum absolute atomic E-state index is 11.6. The molecule has 0 radical (unpaired) electrons. The first-order chi connectivity index (χ1) is 9.89. The quantitative estimate of drug-likeness (QED) is 0.669. The lowest BCUT2D eigenvalue weighted by Gasteiger charge is -2.09. The van der Waals surface area contributed by atoms with Gasteiger partial charge in [-0.05, 0) is 24.3 Å². The second kappa shape index (κ2) is 5.88. The number of sulfone groups is 1. The second-order valence-electron chi connectivity index (χ2n) is 4.36. The Morgan fingerprint density at radius 2 is 2.00 bits per heavy atom. The third-order valence-corrected chi connectivity index (χ3v) is 3.90. The molecule has 0 saturated heterocycles. The molecule has 0 bridgehead atoms. The van der Waals surface area contributed by atoms with Crippen LogP contribution in [0.15, 0.2) is 47.5 Å². The molecule has 7 nitrogen and oxygen atoms in total. The molecule has 110 valence electrons. The van der Waals surface area contributed by atoms with Gasteiger partial charge in [-0.2, -0.15) is 0 Å². The molecule has 8 heteroatoms. The van der Waals surface area contributed by atoms with Crippen molar-refractivity contribution in [2.24, 2.45) is 0 Å². The van der Waals surface area contributed by atoms with Crippen LogP contribution in [0.1, 0.15) is 5.69 Å². The van der Waals surface area contributed by atoms with Gasteiger partial charge >= 0.3 is 5.69 Å². The number of rotatable bonds is 5. The first kappa shape index (κ1) is 14.9. The van der Waals surface area contributed by atoms with E-state index in [9.17, 15) is 18.5 Å². The zero-order chi connectivity index (χ0) is 15.5. The minimum absolute atomic E-state index is 0.147. The van der Waals surface area contributed by atoms with Gasteiger partial charge in [-0.1, -0.05) is 12.1 Å². The maximum atomic E-state index is 11.6. The number of para-hydroxylation sites is 1. The van der Waals surface area contributed by atoms with Crippen LogP contribution >= 0.6 is 0 Å². The standard InChI is InChI=1S/C13H13N3O4S/c1-21(19,20)12-7-4-6-11(13(12)16(17)18)15-9-10-5-2-3-8-14-10/h2-8,15H,9H2,1H3. The number of nitrogens with zero attached hydrogens (tertiary/aromatic N) is 2. The van der Waals surface area contributed by atoms with E-state index in [0.29, 0.717) is 5.69 Å². The monoisotopic (exact) mass is 307 g/mol. The Balaban J connectivity index is 2.38. The Morgan fingerprint density at radius 3 is 2.57 bits per heavy atom. The van der Waals surface area contributed by atoms with Gasteiger partial charge in [0, 0.05) is 12.5 Å². The first-order valence-corrected chi connectivity index (χ1v) is 7.90. The Morgan fingerprint density at radius 1 is 1.24 bits per heavy atom. The van der Waals surface area contributed by atoms with Gasteiger partial charge in [0.1, 0.15) is 10.6 Å². The van der Waals surface area contributed by atoms with Crippen molar-refractivity contribution >= 4 is 21.2 Å². The smallest absolute Gasteiger partial charge is 0.310 e. The molecule has 0 fully saturated rings. The highest BCUT2D eigenvalue weighted by atomic mass is 32.2. The molecule has 1 aromatic heterocycles. The average Bonchev–Trinajstić information content (AvgIpc) is 2.44. The fourth-order valence-electron chi connectivity index (χ4n) is 1.84. The predicted octanol–water partition coefficient (Wildman–Crippen LogP) is 2.01. The molecule has 2 aromatic rings. The third kappa shape index (κ3) is 3.54. The van der Waals surface area contributed by atoms with Gasteiger partial charge in [0.15, 0.2) is 9.84 Å². The Hall–Kier alpha value is -2.48. The molecule has 21 heavy (non-hydrogen) atoms. The molecule has 0 spiro atoms. The van der Waals surface area contributed by atoms with Crippen molar-refractivity contribution in [1.82, 2.24) is 4.98 Å². The summed E-state index contributed by atoms with van der Waals surface area (Å²) < 4.78 is 23.3. The van der Waals surface area contributed by atoms with Crippen LogP contribution in [0.5, 0.6) is 0 Å². The molecule has 2 rings (SSSR count). The molecule has 0 saturated carbocycles. The highest BCUT2D eigenvalue weighted by molar-refractivity contribution is 7.90. The lowest BCUT2D eigenvalue weighted by Crippen LogP contribution is -2.08. The van der Waals surface area contributed by atoms with E-state index < -0.39 is 20.4 Å². The summed E-state index contributed by atoms with van der Waals surface area (Å²) in [6.45, 7) is 0.259. The highest BCUT2D eigenvalue weighted by Gasteiger charge is 2.25. The fraction of sp³-hybridized carbons (Fsp3) is 0.154. The van der Waals surface area contributed by atoms with Gasteiger partial charge < -0.3 is 5.32 Å². The van der Waals surface area contributed by atoms with Gasteiger partial charge in [0.2, 0.25) is 0 Å². The van der Waals surface area contributed by atoms with Gasteiger partial charge in [-0.3, -0.25) is 15.1 Å². The Kier molecular flexibility index (Phi) is 4.18. The van der Waals surface area contributed by atoms with Crippen molar-refractivity contribution in [2.75, 3.05) is 11.6 Å². The second-order valence-corrected chi connectivity index (χ2v) is 6.34. The van der Waals surface area contributed by atoms with Gasteiger partial charge in [0.05, 0.1) is 17.2 Å². The summed E-state index contributed by atoms with van der Waals surface area (Å²) in [4.78, 5) is 14.3. The van der Waals surface area contributed by atoms with Crippen LogP contribution in [-0.2, 0) is 16.4 Å². The number of benzene rings is 1. The van der Waals surface area contributed by atoms with Crippen molar-refractivity contribution in [3.05, 3.63) is 58.4 Å². The van der Waals surface area contributed by atoms with Crippen LogP contribution in [-0.4, -0.2) is 24.6 Å². The van der Waals surface area contributed by atoms with Crippen LogP contribution in [0, 0.1) is 10.1 Å². The van der Waals surface area contributed by atoms with Crippen LogP contribution in [0.4, 0.5) is 11.4 Å². The fourth-order valence-corrected chi connectivity index (χ4v) is 2.70. The number of nitrogens with one attached hydrogen (secondary N) is 1. The molecule has 0 unspecified atom stereocenters. The zero-order valence-corrected chi connectivity index (χ0v) is 12.0. The molecule has 0 aliphatic heterocycles. The van der Waals surface area contributed by atoms with E-state index in [1.165, 1.54) is 18.2 Å². The van der Waals surface area contributed by atoms with Crippen LogP contribution < -0.4 is 5.32 Å². The van der Waals surface area contributed by atoms with Crippen molar-refractivity contribution in [3.63, 3.8) is 0 Å². The number of aromatic nitrogens is 1. The van der Waals surface area contributed by atoms with Crippen LogP contribution in [0.25, 0.3) is 0 Å². The number of pyridine rings is 1. The lowest BCUT2D eigenvalue weighted by atomic mass is 10.2. The van der Waals surface area contributed by atoms with E-state index in [1.807, 2.05) is 0 Å². The summed E-state index contributed by atoms with van der Waals surface area (Å²) in [5.74, 6) is 0. The third-order valence-electron chi connectivity index (χ3n) is 2.77. The normalized spacial score (nSPS) is 11.1. The SMILES string of the molecule is CS(=O)(=O)c1cccc(NCc2ccccn2)c1[N+](=O)[O-]. The molecule has 1 N–H and O–H groups in total. The van der Waals surface area contributed by atoms with Crippen molar-refractivity contribution < 1.29 is 13.3 Å². The summed E-state index contributed by atoms with van der Waals surface area (Å²) in [5, 5.41) is 14.0.